The average Bonchev–Trinajstić information content (AvgIpc) is 1.25. The predicted octanol–water partition coefficient (Wildman–Crippen LogP) is -7.38. The number of hydrogen-bond donors (Lipinski definition) is 3. The van der Waals surface area contributed by atoms with E-state index in [4.69, 9.17) is 28.7 Å². The van der Waals surface area contributed by atoms with Gasteiger partial charge < -0.3 is 40.6 Å². The molecule has 0 amide bonds. The SMILES string of the molecule is O.O.O.O=[PH](O)O.O=[PH]([O-])O.[Na+]. The summed E-state index contributed by atoms with van der Waals surface area (Å²) in [7, 11) is -6.51. The minimum atomic E-state index is -3.38. The second kappa shape index (κ2) is 29.5. The Kier molecular flexibility index (Phi) is 93.3. The van der Waals surface area contributed by atoms with Gasteiger partial charge in [0.1, 0.15) is 8.25 Å². The maximum atomic E-state index is 8.74. The van der Waals surface area contributed by atoms with Crippen LogP contribution in [0.2, 0.25) is 0 Å². The molecule has 12 heteroatoms. The molecule has 0 heterocycles. The predicted molar refractivity (Wildman–Crippen MR) is 35.5 cm³/mol. The smallest absolute Gasteiger partial charge is 0.781 e. The molecule has 0 aliphatic heterocycles. The molecule has 76 valence electrons. The van der Waals surface area contributed by atoms with Gasteiger partial charge in [0, 0.05) is 0 Å². The van der Waals surface area contributed by atoms with Crippen LogP contribution in [0.15, 0.2) is 0 Å². The summed E-state index contributed by atoms with van der Waals surface area (Å²) in [5.74, 6) is 0. The topological polar surface area (TPSA) is 212 Å². The van der Waals surface area contributed by atoms with E-state index in [0.29, 0.717) is 0 Å². The molecule has 0 aromatic rings. The van der Waals surface area contributed by atoms with E-state index in [9.17, 15) is 0 Å². The van der Waals surface area contributed by atoms with E-state index in [0.717, 1.165) is 0 Å². The molecule has 0 aliphatic rings. The van der Waals surface area contributed by atoms with E-state index in [1.165, 1.54) is 0 Å². The van der Waals surface area contributed by atoms with Gasteiger partial charge in [0.25, 0.3) is 0 Å². The molecule has 0 radical (unpaired) electrons. The average molecular weight is 240 g/mol. The largest absolute Gasteiger partial charge is 1.00 e. The Labute approximate surface area is 91.2 Å². The number of rotatable bonds is 0. The van der Waals surface area contributed by atoms with Gasteiger partial charge in [-0.1, -0.05) is 0 Å². The Morgan fingerprint density at radius 3 is 0.917 bits per heavy atom. The minimum absolute atomic E-state index is 0. The monoisotopic (exact) mass is 240 g/mol. The summed E-state index contributed by atoms with van der Waals surface area (Å²) < 4.78 is 17.4. The molecule has 0 aliphatic carbocycles. The van der Waals surface area contributed by atoms with Gasteiger partial charge in [-0.25, -0.2) is 0 Å². The van der Waals surface area contributed by atoms with E-state index in [-0.39, 0.29) is 46.0 Å². The Morgan fingerprint density at radius 1 is 0.917 bits per heavy atom. The maximum absolute atomic E-state index is 8.74. The molecule has 0 fully saturated rings. The van der Waals surface area contributed by atoms with Crippen molar-refractivity contribution in [3.63, 3.8) is 0 Å². The molecule has 0 spiro atoms. The third kappa shape index (κ3) is 832. The van der Waals surface area contributed by atoms with Gasteiger partial charge in [-0.3, -0.25) is 4.57 Å². The molecule has 0 rings (SSSR count). The van der Waals surface area contributed by atoms with Crippen molar-refractivity contribution in [2.45, 2.75) is 0 Å². The molecule has 0 saturated carbocycles. The van der Waals surface area contributed by atoms with Crippen LogP contribution in [0.25, 0.3) is 0 Å². The Hall–Kier alpha value is 1.18. The van der Waals surface area contributed by atoms with Crippen molar-refractivity contribution in [2.75, 3.05) is 0 Å². The summed E-state index contributed by atoms with van der Waals surface area (Å²) in [6, 6.07) is 0. The van der Waals surface area contributed by atoms with Crippen LogP contribution in [0, 0.1) is 0 Å². The van der Waals surface area contributed by atoms with Crippen LogP contribution in [-0.4, -0.2) is 31.1 Å². The van der Waals surface area contributed by atoms with Crippen LogP contribution in [0.5, 0.6) is 0 Å². The fourth-order valence-electron chi connectivity index (χ4n) is 0. The van der Waals surface area contributed by atoms with Gasteiger partial charge in [0.15, 0.2) is 0 Å². The van der Waals surface area contributed by atoms with E-state index < -0.39 is 16.5 Å². The summed E-state index contributed by atoms with van der Waals surface area (Å²) in [6.45, 7) is 0. The van der Waals surface area contributed by atoms with Crippen LogP contribution < -0.4 is 34.5 Å². The quantitative estimate of drug-likeness (QED) is 0.276. The van der Waals surface area contributed by atoms with Crippen LogP contribution in [0.3, 0.4) is 0 Å². The van der Waals surface area contributed by atoms with E-state index in [1.54, 1.807) is 0 Å². The molecule has 0 saturated heterocycles. The summed E-state index contributed by atoms with van der Waals surface area (Å²) >= 11 is 0. The van der Waals surface area contributed by atoms with Gasteiger partial charge in [-0.2, -0.15) is 0 Å². The zero-order valence-corrected chi connectivity index (χ0v) is 10.1. The third-order valence-electron chi connectivity index (χ3n) is 0. The summed E-state index contributed by atoms with van der Waals surface area (Å²) in [5.41, 5.74) is 0. The summed E-state index contributed by atoms with van der Waals surface area (Å²) in [4.78, 5) is 30.0. The molecule has 0 bridgehead atoms. The molecule has 9 nitrogen and oxygen atoms in total. The summed E-state index contributed by atoms with van der Waals surface area (Å²) in [5, 5.41) is 0. The second-order valence-electron chi connectivity index (χ2n) is 0.548. The van der Waals surface area contributed by atoms with Crippen molar-refractivity contribution >= 4 is 16.5 Å². The van der Waals surface area contributed by atoms with E-state index >= 15 is 0 Å². The van der Waals surface area contributed by atoms with Crippen LogP contribution >= 0.6 is 16.5 Å². The minimum Gasteiger partial charge on any atom is -0.781 e. The van der Waals surface area contributed by atoms with Crippen molar-refractivity contribution in [1.82, 2.24) is 0 Å². The molecule has 9 N–H and O–H groups in total. The Balaban J connectivity index is -0.0000000112. The molecular formula is H11NaO9P2. The van der Waals surface area contributed by atoms with Crippen LogP contribution in [0.4, 0.5) is 0 Å². The molecular weight excluding hydrogens is 229 g/mol. The first-order chi connectivity index (χ1) is 3.46. The summed E-state index contributed by atoms with van der Waals surface area (Å²) in [6.07, 6.45) is 0. The molecule has 12 heavy (non-hydrogen) atoms. The molecule has 1 unspecified atom stereocenters. The Bertz CT molecular complexity index is 70.5. The van der Waals surface area contributed by atoms with Crippen LogP contribution in [-0.2, 0) is 9.13 Å². The molecule has 0 aromatic heterocycles. The fraction of sp³-hybridized carbons (Fsp3) is 0. The van der Waals surface area contributed by atoms with Crippen molar-refractivity contribution in [2.24, 2.45) is 0 Å². The first kappa shape index (κ1) is 37.9. The van der Waals surface area contributed by atoms with Crippen molar-refractivity contribution < 1.29 is 74.7 Å². The molecule has 1 atom stereocenters. The van der Waals surface area contributed by atoms with E-state index in [1.807, 2.05) is 0 Å². The fourth-order valence-corrected chi connectivity index (χ4v) is 0. The normalized spacial score (nSPS) is 8.08. The van der Waals surface area contributed by atoms with Gasteiger partial charge in [-0.05, 0) is 0 Å². The van der Waals surface area contributed by atoms with E-state index in [2.05, 4.69) is 0 Å². The zero-order valence-electron chi connectivity index (χ0n) is 6.07. The standard InChI is InChI=1S/Na.2H3O3P.3H2O/c;2*1-4(2)3;;;/h;2*4H,(H2,1,2,3);3*1H2/q+1;;;;;/p-1. The first-order valence-corrected chi connectivity index (χ1v) is 3.85. The number of hydrogen-bond acceptors (Lipinski definition) is 3. The molecule has 0 aromatic carbocycles. The van der Waals surface area contributed by atoms with Gasteiger partial charge in [0.05, 0.1) is 0 Å². The zero-order chi connectivity index (χ0) is 7.15. The van der Waals surface area contributed by atoms with Gasteiger partial charge >= 0.3 is 37.8 Å². The van der Waals surface area contributed by atoms with Crippen molar-refractivity contribution in [3.8, 4) is 0 Å². The first-order valence-electron chi connectivity index (χ1n) is 1.28. The van der Waals surface area contributed by atoms with Crippen LogP contribution in [0.1, 0.15) is 0 Å². The Morgan fingerprint density at radius 2 is 0.917 bits per heavy atom. The van der Waals surface area contributed by atoms with Gasteiger partial charge in [-0.15, -0.1) is 0 Å². The van der Waals surface area contributed by atoms with Crippen molar-refractivity contribution in [1.29, 1.82) is 0 Å². The second-order valence-corrected chi connectivity index (χ2v) is 1.65. The maximum Gasteiger partial charge on any atom is 1.00 e. The van der Waals surface area contributed by atoms with Gasteiger partial charge in [0.2, 0.25) is 0 Å². The van der Waals surface area contributed by atoms with Crippen molar-refractivity contribution in [3.05, 3.63) is 0 Å². The third-order valence-corrected chi connectivity index (χ3v) is 0.